The number of aliphatic hydroxyl groups is 1. The van der Waals surface area contributed by atoms with Crippen molar-refractivity contribution < 1.29 is 5.11 Å². The Balaban J connectivity index is 2.50. The fourth-order valence-corrected chi connectivity index (χ4v) is 1.11. The average Bonchev–Trinajstić information content (AvgIpc) is 2.62. The van der Waals surface area contributed by atoms with Crippen molar-refractivity contribution in [3.63, 3.8) is 0 Å². The third-order valence-electron chi connectivity index (χ3n) is 2.24. The standard InChI is InChI=1S/C10H19N3O/c1-8(2)4-5-13-11-6-10(12-13)9(3)7-14/h6,8-9,14H,4-5,7H2,1-3H3. The first-order valence-corrected chi connectivity index (χ1v) is 5.14. The third-order valence-corrected chi connectivity index (χ3v) is 2.24. The summed E-state index contributed by atoms with van der Waals surface area (Å²) in [4.78, 5) is 1.71. The van der Waals surface area contributed by atoms with Crippen LogP contribution in [0.4, 0.5) is 0 Å². The van der Waals surface area contributed by atoms with Gasteiger partial charge in [-0.2, -0.15) is 15.0 Å². The van der Waals surface area contributed by atoms with Crippen molar-refractivity contribution in [2.24, 2.45) is 5.92 Å². The van der Waals surface area contributed by atoms with Gasteiger partial charge in [-0.25, -0.2) is 0 Å². The minimum atomic E-state index is 0.0859. The Labute approximate surface area is 84.9 Å². The van der Waals surface area contributed by atoms with Gasteiger partial charge in [0.05, 0.1) is 25.0 Å². The highest BCUT2D eigenvalue weighted by atomic mass is 16.3. The van der Waals surface area contributed by atoms with Crippen LogP contribution in [0.15, 0.2) is 6.20 Å². The summed E-state index contributed by atoms with van der Waals surface area (Å²) in [6.07, 6.45) is 2.82. The lowest BCUT2D eigenvalue weighted by Gasteiger charge is -2.03. The fraction of sp³-hybridized carbons (Fsp3) is 0.800. The molecule has 0 aliphatic carbocycles. The van der Waals surface area contributed by atoms with E-state index >= 15 is 0 Å². The lowest BCUT2D eigenvalue weighted by molar-refractivity contribution is 0.270. The van der Waals surface area contributed by atoms with Crippen molar-refractivity contribution in [2.45, 2.75) is 39.7 Å². The molecule has 4 heteroatoms. The quantitative estimate of drug-likeness (QED) is 0.776. The van der Waals surface area contributed by atoms with Crippen LogP contribution >= 0.6 is 0 Å². The van der Waals surface area contributed by atoms with Crippen molar-refractivity contribution in [1.29, 1.82) is 0 Å². The number of nitrogens with zero attached hydrogens (tertiary/aromatic N) is 3. The Morgan fingerprint density at radius 1 is 1.43 bits per heavy atom. The number of aromatic nitrogens is 3. The van der Waals surface area contributed by atoms with E-state index < -0.39 is 0 Å². The summed E-state index contributed by atoms with van der Waals surface area (Å²) in [6, 6.07) is 0. The van der Waals surface area contributed by atoms with Crippen molar-refractivity contribution in [1.82, 2.24) is 15.0 Å². The molecular formula is C10H19N3O. The van der Waals surface area contributed by atoms with Gasteiger partial charge in [0.15, 0.2) is 0 Å². The minimum absolute atomic E-state index is 0.0859. The van der Waals surface area contributed by atoms with Gasteiger partial charge in [-0.1, -0.05) is 20.8 Å². The molecule has 0 aliphatic rings. The summed E-state index contributed by atoms with van der Waals surface area (Å²) in [5.41, 5.74) is 0.872. The summed E-state index contributed by atoms with van der Waals surface area (Å²) >= 11 is 0. The Kier molecular flexibility index (Phi) is 4.07. The first kappa shape index (κ1) is 11.2. The highest BCUT2D eigenvalue weighted by Gasteiger charge is 2.08. The molecule has 1 aromatic rings. The number of rotatable bonds is 5. The molecular weight excluding hydrogens is 178 g/mol. The third kappa shape index (κ3) is 3.10. The van der Waals surface area contributed by atoms with Crippen LogP contribution in [0.3, 0.4) is 0 Å². The van der Waals surface area contributed by atoms with Gasteiger partial charge in [0.2, 0.25) is 0 Å². The number of aryl methyl sites for hydroxylation is 1. The molecule has 0 radical (unpaired) electrons. The predicted octanol–water partition coefficient (Wildman–Crippen LogP) is 1.42. The van der Waals surface area contributed by atoms with E-state index in [1.807, 2.05) is 6.92 Å². The molecule has 80 valence electrons. The van der Waals surface area contributed by atoms with Crippen LogP contribution in [0, 0.1) is 5.92 Å². The van der Waals surface area contributed by atoms with Gasteiger partial charge in [0.25, 0.3) is 0 Å². The normalized spacial score (nSPS) is 13.5. The zero-order valence-corrected chi connectivity index (χ0v) is 9.14. The first-order valence-electron chi connectivity index (χ1n) is 5.14. The van der Waals surface area contributed by atoms with E-state index in [1.54, 1.807) is 11.0 Å². The Hall–Kier alpha value is -0.900. The number of hydrogen-bond donors (Lipinski definition) is 1. The van der Waals surface area contributed by atoms with Crippen LogP contribution in [-0.2, 0) is 6.54 Å². The Morgan fingerprint density at radius 3 is 2.71 bits per heavy atom. The lowest BCUT2D eigenvalue weighted by Crippen LogP contribution is -2.06. The molecule has 0 saturated heterocycles. The van der Waals surface area contributed by atoms with Gasteiger partial charge in [-0.15, -0.1) is 0 Å². The van der Waals surface area contributed by atoms with Crippen molar-refractivity contribution in [3.8, 4) is 0 Å². The summed E-state index contributed by atoms with van der Waals surface area (Å²) in [6.45, 7) is 7.29. The maximum absolute atomic E-state index is 8.94. The topological polar surface area (TPSA) is 50.9 Å². The maximum Gasteiger partial charge on any atom is 0.0878 e. The molecule has 1 heterocycles. The van der Waals surface area contributed by atoms with Crippen molar-refractivity contribution in [3.05, 3.63) is 11.9 Å². The molecule has 0 fully saturated rings. The molecule has 1 unspecified atom stereocenters. The first-order chi connectivity index (χ1) is 6.63. The van der Waals surface area contributed by atoms with Gasteiger partial charge in [0.1, 0.15) is 0 Å². The molecule has 0 aliphatic heterocycles. The number of hydrogen-bond acceptors (Lipinski definition) is 3. The van der Waals surface area contributed by atoms with Gasteiger partial charge >= 0.3 is 0 Å². The molecule has 0 spiro atoms. The molecule has 14 heavy (non-hydrogen) atoms. The van der Waals surface area contributed by atoms with Crippen LogP contribution < -0.4 is 0 Å². The highest BCUT2D eigenvalue weighted by molar-refractivity contribution is 4.99. The van der Waals surface area contributed by atoms with E-state index in [9.17, 15) is 0 Å². The average molecular weight is 197 g/mol. The fourth-order valence-electron chi connectivity index (χ4n) is 1.11. The van der Waals surface area contributed by atoms with Gasteiger partial charge in [-0.3, -0.25) is 0 Å². The largest absolute Gasteiger partial charge is 0.396 e. The highest BCUT2D eigenvalue weighted by Crippen LogP contribution is 2.10. The van der Waals surface area contributed by atoms with Gasteiger partial charge in [0, 0.05) is 5.92 Å². The Bertz CT molecular complexity index is 270. The zero-order valence-electron chi connectivity index (χ0n) is 9.14. The van der Waals surface area contributed by atoms with E-state index in [0.29, 0.717) is 5.92 Å². The van der Waals surface area contributed by atoms with Crippen molar-refractivity contribution in [2.75, 3.05) is 6.61 Å². The molecule has 1 N–H and O–H groups in total. The molecule has 0 saturated carbocycles. The van der Waals surface area contributed by atoms with E-state index in [1.165, 1.54) is 0 Å². The summed E-state index contributed by atoms with van der Waals surface area (Å²) < 4.78 is 0. The van der Waals surface area contributed by atoms with Gasteiger partial charge < -0.3 is 5.11 Å². The second-order valence-corrected chi connectivity index (χ2v) is 4.13. The summed E-state index contributed by atoms with van der Waals surface area (Å²) in [5.74, 6) is 0.752. The van der Waals surface area contributed by atoms with Crippen molar-refractivity contribution >= 4 is 0 Å². The van der Waals surface area contributed by atoms with Gasteiger partial charge in [-0.05, 0) is 12.3 Å². The monoisotopic (exact) mass is 197 g/mol. The second-order valence-electron chi connectivity index (χ2n) is 4.13. The van der Waals surface area contributed by atoms with E-state index in [0.717, 1.165) is 18.7 Å². The molecule has 0 bridgehead atoms. The number of aliphatic hydroxyl groups excluding tert-OH is 1. The van der Waals surface area contributed by atoms with Crippen LogP contribution in [0.1, 0.15) is 38.8 Å². The maximum atomic E-state index is 8.94. The molecule has 1 rings (SSSR count). The molecule has 1 atom stereocenters. The smallest absolute Gasteiger partial charge is 0.0878 e. The molecule has 1 aromatic heterocycles. The van der Waals surface area contributed by atoms with E-state index in [4.69, 9.17) is 5.11 Å². The molecule has 4 nitrogen and oxygen atoms in total. The van der Waals surface area contributed by atoms with Crippen LogP contribution in [-0.4, -0.2) is 26.7 Å². The molecule has 0 aromatic carbocycles. The zero-order chi connectivity index (χ0) is 10.6. The van der Waals surface area contributed by atoms with Crippen LogP contribution in [0.2, 0.25) is 0 Å². The molecule has 0 amide bonds. The minimum Gasteiger partial charge on any atom is -0.396 e. The van der Waals surface area contributed by atoms with E-state index in [-0.39, 0.29) is 12.5 Å². The SMILES string of the molecule is CC(C)CCn1ncc(C(C)CO)n1. The lowest BCUT2D eigenvalue weighted by atomic mass is 10.1. The van der Waals surface area contributed by atoms with Crippen LogP contribution in [0.5, 0.6) is 0 Å². The van der Waals surface area contributed by atoms with E-state index in [2.05, 4.69) is 24.0 Å². The summed E-state index contributed by atoms with van der Waals surface area (Å²) in [5, 5.41) is 17.4. The second kappa shape index (κ2) is 5.10. The summed E-state index contributed by atoms with van der Waals surface area (Å²) in [7, 11) is 0. The Morgan fingerprint density at radius 2 is 2.14 bits per heavy atom. The van der Waals surface area contributed by atoms with Crippen LogP contribution in [0.25, 0.3) is 0 Å². The predicted molar refractivity (Wildman–Crippen MR) is 55.0 cm³/mol.